The Labute approximate surface area is 364 Å². The third-order valence-electron chi connectivity index (χ3n) is 10.7. The van der Waals surface area contributed by atoms with E-state index in [-0.39, 0.29) is 61.4 Å². The van der Waals surface area contributed by atoms with E-state index in [9.17, 15) is 20.0 Å². The van der Waals surface area contributed by atoms with Crippen LogP contribution in [0.3, 0.4) is 0 Å². The van der Waals surface area contributed by atoms with Gasteiger partial charge in [0, 0.05) is 24.4 Å². The average Bonchev–Trinajstić information content (AvgIpc) is 3.77. The molecule has 0 aliphatic carbocycles. The van der Waals surface area contributed by atoms with Crippen molar-refractivity contribution in [3.63, 3.8) is 0 Å². The van der Waals surface area contributed by atoms with Crippen LogP contribution in [-0.2, 0) is 33.7 Å². The van der Waals surface area contributed by atoms with Crippen LogP contribution in [0.4, 0.5) is 0 Å². The number of benzene rings is 3. The number of nitrogens with zero attached hydrogens (tertiary/aromatic N) is 6. The number of carbonyl (C=O) groups excluding carboxylic acids is 2. The third-order valence-corrected chi connectivity index (χ3v) is 12.9. The van der Waals surface area contributed by atoms with Crippen LogP contribution in [0.1, 0.15) is 78.0 Å². The molecule has 3 aliphatic heterocycles. The molecular formula is C45H56N7O9P. The van der Waals surface area contributed by atoms with Gasteiger partial charge >= 0.3 is 5.91 Å². The number of hydrazone groups is 1. The van der Waals surface area contributed by atoms with Crippen LogP contribution in [0, 0.1) is 17.2 Å². The summed E-state index contributed by atoms with van der Waals surface area (Å²) in [7, 11) is 1.27. The molecule has 3 aliphatic rings. The largest absolute Gasteiger partial charge is 0.497 e. The van der Waals surface area contributed by atoms with Gasteiger partial charge in [-0.15, -0.1) is 0 Å². The SMILES string of the molecule is COc1ccc(C(OC[C@H]2OC(N3N=C4C(=O)N=C(NC(=O)C(C)C)N=C4C3(C)OP(OCCC#N)N(C(C)C)C(C)C)C[C@@H]2O)(c2ccccc2)c2ccc(OC)cc2)cc1. The number of hydrogen-bond donors (Lipinski definition) is 2. The van der Waals surface area contributed by atoms with Crippen molar-refractivity contribution in [1.29, 1.82) is 5.26 Å². The molecule has 16 nitrogen and oxygen atoms in total. The monoisotopic (exact) mass is 869 g/mol. The molecule has 62 heavy (non-hydrogen) atoms. The van der Waals surface area contributed by atoms with Crippen molar-refractivity contribution < 1.29 is 42.7 Å². The van der Waals surface area contributed by atoms with Crippen LogP contribution in [0.25, 0.3) is 0 Å². The van der Waals surface area contributed by atoms with E-state index in [4.69, 9.17) is 33.1 Å². The topological polar surface area (TPSA) is 189 Å². The quantitative estimate of drug-likeness (QED) is 0.0829. The van der Waals surface area contributed by atoms with Gasteiger partial charge in [-0.2, -0.15) is 15.4 Å². The molecule has 0 saturated carbocycles. The van der Waals surface area contributed by atoms with Crippen LogP contribution in [0.5, 0.6) is 11.5 Å². The van der Waals surface area contributed by atoms with Gasteiger partial charge in [0.1, 0.15) is 28.9 Å². The number of nitrogens with one attached hydrogen (secondary N) is 1. The van der Waals surface area contributed by atoms with E-state index in [1.54, 1.807) is 35.0 Å². The fourth-order valence-corrected chi connectivity index (χ4v) is 9.38. The Morgan fingerprint density at radius 1 is 0.968 bits per heavy atom. The normalized spacial score (nSPS) is 21.8. The number of aliphatic hydroxyl groups excluding tert-OH is 1. The molecule has 330 valence electrons. The molecule has 3 heterocycles. The van der Waals surface area contributed by atoms with E-state index in [0.29, 0.717) is 11.5 Å². The van der Waals surface area contributed by atoms with Gasteiger partial charge in [-0.1, -0.05) is 68.4 Å². The summed E-state index contributed by atoms with van der Waals surface area (Å²) in [5, 5.41) is 30.1. The maximum atomic E-state index is 13.7. The molecule has 3 aromatic carbocycles. The predicted molar refractivity (Wildman–Crippen MR) is 234 cm³/mol. The molecule has 2 N–H and O–H groups in total. The molecule has 1 saturated heterocycles. The highest BCUT2D eigenvalue weighted by molar-refractivity contribution is 7.44. The molecule has 2 amide bonds. The fraction of sp³-hybridized carbons (Fsp3) is 0.467. The number of guanidine groups is 1. The zero-order chi connectivity index (χ0) is 44.8. The Morgan fingerprint density at radius 2 is 1.55 bits per heavy atom. The lowest BCUT2D eigenvalue weighted by Gasteiger charge is -2.43. The Kier molecular flexibility index (Phi) is 14.9. The minimum absolute atomic E-state index is 0.0394. The van der Waals surface area contributed by atoms with Crippen molar-refractivity contribution in [3.05, 3.63) is 95.6 Å². The second kappa shape index (κ2) is 19.9. The summed E-state index contributed by atoms with van der Waals surface area (Å²) < 4.78 is 40.1. The second-order valence-corrected chi connectivity index (χ2v) is 17.4. The molecular weight excluding hydrogens is 814 g/mol. The molecule has 0 spiro atoms. The molecule has 6 rings (SSSR count). The lowest BCUT2D eigenvalue weighted by molar-refractivity contribution is -0.152. The van der Waals surface area contributed by atoms with Crippen molar-refractivity contribution >= 4 is 37.7 Å². The van der Waals surface area contributed by atoms with E-state index in [1.807, 2.05) is 111 Å². The van der Waals surface area contributed by atoms with Gasteiger partial charge in [0.05, 0.1) is 46.0 Å². The summed E-state index contributed by atoms with van der Waals surface area (Å²) in [5.74, 6) is -0.393. The molecule has 3 aromatic rings. The summed E-state index contributed by atoms with van der Waals surface area (Å²) in [6.45, 7) is 13.1. The van der Waals surface area contributed by atoms with Crippen LogP contribution in [0.15, 0.2) is 93.9 Å². The van der Waals surface area contributed by atoms with E-state index in [2.05, 4.69) is 21.4 Å². The van der Waals surface area contributed by atoms with Gasteiger partial charge in [-0.3, -0.25) is 19.4 Å². The van der Waals surface area contributed by atoms with Gasteiger partial charge in [0.25, 0.3) is 8.53 Å². The van der Waals surface area contributed by atoms with Crippen molar-refractivity contribution in [2.75, 3.05) is 27.4 Å². The number of methoxy groups -OCH3 is 2. The van der Waals surface area contributed by atoms with Gasteiger partial charge in [-0.05, 0) is 75.6 Å². The first-order chi connectivity index (χ1) is 29.7. The average molecular weight is 870 g/mol. The number of hydrogen-bond acceptors (Lipinski definition) is 14. The van der Waals surface area contributed by atoms with Gasteiger partial charge in [0.15, 0.2) is 11.9 Å². The Bertz CT molecular complexity index is 2120. The first-order valence-corrected chi connectivity index (χ1v) is 21.8. The van der Waals surface area contributed by atoms with Crippen LogP contribution < -0.4 is 14.8 Å². The smallest absolute Gasteiger partial charge is 0.302 e. The van der Waals surface area contributed by atoms with Crippen molar-refractivity contribution in [2.24, 2.45) is 21.0 Å². The summed E-state index contributed by atoms with van der Waals surface area (Å²) in [6, 6.07) is 27.0. The molecule has 3 unspecified atom stereocenters. The number of carbonyl (C=O) groups is 2. The van der Waals surface area contributed by atoms with Crippen molar-refractivity contribution in [3.8, 4) is 17.6 Å². The van der Waals surface area contributed by atoms with Gasteiger partial charge in [0.2, 0.25) is 17.6 Å². The summed E-state index contributed by atoms with van der Waals surface area (Å²) in [4.78, 5) is 35.2. The maximum absolute atomic E-state index is 13.7. The summed E-state index contributed by atoms with van der Waals surface area (Å²) in [5.41, 5.74) is -0.438. The standard InChI is InChI=1S/C45H56N7O9P/c1-28(2)41(54)48-43-47-40-39(42(55)49-43)50-52(44(40,7)61-62(59-25-13-24-46)51(29(3)4)30(5)6)38-26-36(53)37(60-38)27-58-45(31-14-11-10-12-15-31,32-16-20-34(56-8)21-17-32)33-18-22-35(57-9)23-19-33/h10-12,14-23,28-30,36-38,53H,13,25-27H2,1-9H3,(H,48,49,54,55)/t36-,37+,38?,44?,62?/m0/s1. The number of aliphatic hydroxyl groups is 1. The second-order valence-electron chi connectivity index (χ2n) is 16.0. The number of nitriles is 1. The highest BCUT2D eigenvalue weighted by Crippen LogP contribution is 2.52. The van der Waals surface area contributed by atoms with E-state index in [0.717, 1.165) is 16.7 Å². The van der Waals surface area contributed by atoms with E-state index in [1.165, 1.54) is 5.01 Å². The number of fused-ring (bicyclic) bond motifs is 1. The molecule has 17 heteroatoms. The lowest BCUT2D eigenvalue weighted by atomic mass is 9.80. The molecule has 5 atom stereocenters. The molecule has 0 radical (unpaired) electrons. The van der Waals surface area contributed by atoms with Crippen LogP contribution >= 0.6 is 8.53 Å². The highest BCUT2D eigenvalue weighted by Gasteiger charge is 2.57. The van der Waals surface area contributed by atoms with Crippen molar-refractivity contribution in [1.82, 2.24) is 15.0 Å². The van der Waals surface area contributed by atoms with E-state index < -0.39 is 50.1 Å². The maximum Gasteiger partial charge on any atom is 0.302 e. The fourth-order valence-electron chi connectivity index (χ4n) is 7.62. The van der Waals surface area contributed by atoms with Crippen molar-refractivity contribution in [2.45, 2.75) is 103 Å². The molecule has 0 bridgehead atoms. The molecule has 1 fully saturated rings. The van der Waals surface area contributed by atoms with Gasteiger partial charge in [-0.25, -0.2) is 14.7 Å². The number of aliphatic imine (C=N–C) groups is 2. The first kappa shape index (κ1) is 46.4. The highest BCUT2D eigenvalue weighted by atomic mass is 31.2. The first-order valence-electron chi connectivity index (χ1n) is 20.7. The Balaban J connectivity index is 1.38. The third kappa shape index (κ3) is 9.60. The zero-order valence-electron chi connectivity index (χ0n) is 36.6. The Morgan fingerprint density at radius 3 is 2.08 bits per heavy atom. The summed E-state index contributed by atoms with van der Waals surface area (Å²) in [6.07, 6.45) is -2.77. The lowest BCUT2D eigenvalue weighted by Crippen LogP contribution is -2.55. The number of amides is 2. The summed E-state index contributed by atoms with van der Waals surface area (Å²) >= 11 is 0. The van der Waals surface area contributed by atoms with Crippen LogP contribution in [0.2, 0.25) is 0 Å². The number of ether oxygens (including phenoxy) is 4. The molecule has 0 aromatic heterocycles. The van der Waals surface area contributed by atoms with Crippen LogP contribution in [-0.4, -0.2) is 108 Å². The minimum atomic E-state index is -1.95. The Hall–Kier alpha value is -5.11. The zero-order valence-corrected chi connectivity index (χ0v) is 37.5. The minimum Gasteiger partial charge on any atom is -0.497 e. The predicted octanol–water partition coefficient (Wildman–Crippen LogP) is 6.28. The van der Waals surface area contributed by atoms with Gasteiger partial charge < -0.3 is 28.6 Å². The van der Waals surface area contributed by atoms with E-state index >= 15 is 0 Å². The number of rotatable bonds is 18.